The molecule has 13 nitrogen and oxygen atoms in total. The van der Waals surface area contributed by atoms with Gasteiger partial charge in [-0.2, -0.15) is 5.10 Å². The molecule has 3 N–H and O–H groups in total. The van der Waals surface area contributed by atoms with Crippen LogP contribution in [0.2, 0.25) is 0 Å². The minimum absolute atomic E-state index is 0. The van der Waals surface area contributed by atoms with Gasteiger partial charge in [-0.25, -0.2) is 9.59 Å². The van der Waals surface area contributed by atoms with Crippen molar-refractivity contribution < 1.29 is 38.2 Å². The van der Waals surface area contributed by atoms with Crippen LogP contribution in [0, 0.1) is 0 Å². The third-order valence-corrected chi connectivity index (χ3v) is 6.10. The number of nitrogens with zero attached hydrogens (tertiary/aromatic N) is 3. The third kappa shape index (κ3) is 14.7. The average molecular weight is 606 g/mol. The van der Waals surface area contributed by atoms with Crippen LogP contribution in [0.5, 0.6) is 0 Å². The second kappa shape index (κ2) is 23.0. The molecule has 2 fully saturated rings. The standard InChI is InChI=1S/C13H20N2O3.C9H15NO4.C5H12N2O.ClH/c1-3-10-9-12(13(16)18-4-2)15(14-10)11-5-7-17-8-6-11;1-4-7(11)6-8(10-13-3)9(12)14-5-2;6-7-5-1-3-8-4-2-5;/h9,11H,3-8H2,1-2H3;4-6H2,1-3H3;5,7H,1-4,6H2;1H/b;10-8+;;. The van der Waals surface area contributed by atoms with E-state index in [2.05, 4.69) is 20.5 Å². The van der Waals surface area contributed by atoms with Crippen molar-refractivity contribution in [2.75, 3.05) is 46.8 Å². The van der Waals surface area contributed by atoms with E-state index in [9.17, 15) is 14.4 Å². The molecule has 2 aliphatic rings. The molecule has 2 saturated heterocycles. The van der Waals surface area contributed by atoms with Crippen LogP contribution in [0.3, 0.4) is 0 Å². The van der Waals surface area contributed by atoms with Crippen molar-refractivity contribution in [3.63, 3.8) is 0 Å². The van der Waals surface area contributed by atoms with Gasteiger partial charge in [-0.05, 0) is 52.0 Å². The zero-order valence-electron chi connectivity index (χ0n) is 25.0. The Kier molecular flexibility index (Phi) is 21.6. The van der Waals surface area contributed by atoms with E-state index in [0.717, 1.165) is 64.2 Å². The van der Waals surface area contributed by atoms with E-state index in [1.165, 1.54) is 7.11 Å². The molecular formula is C27H48ClN5O8. The molecule has 0 aliphatic carbocycles. The number of esters is 2. The molecule has 0 aromatic carbocycles. The van der Waals surface area contributed by atoms with E-state index >= 15 is 0 Å². The van der Waals surface area contributed by atoms with Crippen LogP contribution in [0.4, 0.5) is 0 Å². The average Bonchev–Trinajstić information content (AvgIpc) is 3.43. The quantitative estimate of drug-likeness (QED) is 0.165. The van der Waals surface area contributed by atoms with Gasteiger partial charge in [0.1, 0.15) is 18.6 Å². The number of hydrogen-bond acceptors (Lipinski definition) is 12. The molecule has 1 aromatic rings. The molecule has 3 rings (SSSR count). The topological polar surface area (TPSA) is 166 Å². The van der Waals surface area contributed by atoms with Crippen molar-refractivity contribution in [3.8, 4) is 0 Å². The van der Waals surface area contributed by atoms with E-state index in [-0.39, 0.29) is 48.9 Å². The summed E-state index contributed by atoms with van der Waals surface area (Å²) in [6.45, 7) is 11.1. The van der Waals surface area contributed by atoms with Crippen molar-refractivity contribution in [1.82, 2.24) is 15.2 Å². The van der Waals surface area contributed by atoms with Gasteiger partial charge >= 0.3 is 11.9 Å². The number of halogens is 1. The van der Waals surface area contributed by atoms with Crippen molar-refractivity contribution >= 4 is 35.8 Å². The number of rotatable bonds is 11. The van der Waals surface area contributed by atoms with Crippen LogP contribution in [0.15, 0.2) is 11.2 Å². The highest BCUT2D eigenvalue weighted by Gasteiger charge is 2.24. The number of hydrazine groups is 1. The van der Waals surface area contributed by atoms with E-state index in [1.807, 2.05) is 24.6 Å². The van der Waals surface area contributed by atoms with Gasteiger partial charge < -0.3 is 23.8 Å². The van der Waals surface area contributed by atoms with E-state index < -0.39 is 5.97 Å². The molecule has 0 bridgehead atoms. The first kappa shape index (κ1) is 38.4. The Hall–Kier alpha value is -2.58. The Balaban J connectivity index is 0.000000620. The first-order chi connectivity index (χ1) is 19.3. The van der Waals surface area contributed by atoms with Gasteiger partial charge in [0.2, 0.25) is 0 Å². The molecule has 0 saturated carbocycles. The molecule has 41 heavy (non-hydrogen) atoms. The highest BCUT2D eigenvalue weighted by Crippen LogP contribution is 2.23. The zero-order chi connectivity index (χ0) is 29.8. The second-order valence-corrected chi connectivity index (χ2v) is 8.95. The molecule has 236 valence electrons. The van der Waals surface area contributed by atoms with Gasteiger partial charge in [0.25, 0.3) is 0 Å². The smallest absolute Gasteiger partial charge is 0.356 e. The Bertz CT molecular complexity index is 916. The number of carbonyl (C=O) groups excluding carboxylic acids is 3. The van der Waals surface area contributed by atoms with Crippen LogP contribution in [-0.2, 0) is 39.8 Å². The maximum Gasteiger partial charge on any atom is 0.356 e. The summed E-state index contributed by atoms with van der Waals surface area (Å²) in [7, 11) is 1.32. The van der Waals surface area contributed by atoms with E-state index in [4.69, 9.17) is 24.8 Å². The fraction of sp³-hybridized carbons (Fsp3) is 0.741. The number of aryl methyl sites for hydroxylation is 1. The van der Waals surface area contributed by atoms with Crippen LogP contribution < -0.4 is 11.3 Å². The summed E-state index contributed by atoms with van der Waals surface area (Å²) >= 11 is 0. The molecule has 0 unspecified atom stereocenters. The number of nitrogens with two attached hydrogens (primary N) is 1. The Labute approximate surface area is 249 Å². The fourth-order valence-corrected chi connectivity index (χ4v) is 3.83. The summed E-state index contributed by atoms with van der Waals surface area (Å²) in [6.07, 6.45) is 5.05. The lowest BCUT2D eigenvalue weighted by molar-refractivity contribution is -0.135. The van der Waals surface area contributed by atoms with Crippen molar-refractivity contribution in [2.45, 2.75) is 84.7 Å². The first-order valence-corrected chi connectivity index (χ1v) is 14.0. The van der Waals surface area contributed by atoms with Gasteiger partial charge in [0.05, 0.1) is 31.4 Å². The van der Waals surface area contributed by atoms with Gasteiger partial charge in [0, 0.05) is 38.9 Å². The molecule has 2 aliphatic heterocycles. The normalized spacial score (nSPS) is 15.7. The number of aromatic nitrogens is 2. The van der Waals surface area contributed by atoms with Crippen molar-refractivity contribution in [2.24, 2.45) is 11.0 Å². The highest BCUT2D eigenvalue weighted by molar-refractivity contribution is 6.39. The molecule has 1 aromatic heterocycles. The fourth-order valence-electron chi connectivity index (χ4n) is 3.83. The number of Topliss-reactive ketones (excluding diaryl/α,β-unsaturated/α-hetero) is 1. The predicted molar refractivity (Wildman–Crippen MR) is 156 cm³/mol. The van der Waals surface area contributed by atoms with Gasteiger partial charge in [-0.3, -0.25) is 20.7 Å². The lowest BCUT2D eigenvalue weighted by Gasteiger charge is -2.23. The molecule has 0 spiro atoms. The summed E-state index contributed by atoms with van der Waals surface area (Å²) in [5, 5.41) is 7.97. The Morgan fingerprint density at radius 3 is 2.07 bits per heavy atom. The van der Waals surface area contributed by atoms with Gasteiger partial charge in [-0.15, -0.1) is 12.4 Å². The van der Waals surface area contributed by atoms with Crippen LogP contribution in [0.25, 0.3) is 0 Å². The summed E-state index contributed by atoms with van der Waals surface area (Å²) in [4.78, 5) is 38.6. The molecule has 0 atom stereocenters. The number of hydrogen-bond donors (Lipinski definition) is 2. The summed E-state index contributed by atoms with van der Waals surface area (Å²) in [5.41, 5.74) is 4.24. The minimum Gasteiger partial charge on any atom is -0.461 e. The van der Waals surface area contributed by atoms with Crippen molar-refractivity contribution in [1.29, 1.82) is 0 Å². The molecule has 0 amide bonds. The van der Waals surface area contributed by atoms with Gasteiger partial charge in [-0.1, -0.05) is 19.0 Å². The third-order valence-electron chi connectivity index (χ3n) is 6.10. The van der Waals surface area contributed by atoms with Crippen LogP contribution in [0.1, 0.15) is 88.4 Å². The van der Waals surface area contributed by atoms with Crippen LogP contribution in [-0.4, -0.2) is 86.0 Å². The summed E-state index contributed by atoms with van der Waals surface area (Å²) < 4.78 is 22.1. The monoisotopic (exact) mass is 605 g/mol. The summed E-state index contributed by atoms with van der Waals surface area (Å²) in [6, 6.07) is 2.58. The molecular weight excluding hydrogens is 558 g/mol. The number of nitrogens with one attached hydrogen (secondary N) is 1. The first-order valence-electron chi connectivity index (χ1n) is 14.0. The Morgan fingerprint density at radius 2 is 1.61 bits per heavy atom. The second-order valence-electron chi connectivity index (χ2n) is 8.95. The summed E-state index contributed by atoms with van der Waals surface area (Å²) in [5.74, 6) is 4.24. The number of carbonyl (C=O) groups is 3. The van der Waals surface area contributed by atoms with E-state index in [0.29, 0.717) is 24.8 Å². The van der Waals surface area contributed by atoms with Gasteiger partial charge in [0.15, 0.2) is 5.71 Å². The van der Waals surface area contributed by atoms with Crippen LogP contribution >= 0.6 is 12.4 Å². The zero-order valence-corrected chi connectivity index (χ0v) is 25.8. The number of oxime groups is 1. The lowest BCUT2D eigenvalue weighted by atomic mass is 10.1. The lowest BCUT2D eigenvalue weighted by Crippen LogP contribution is -2.39. The SMILES string of the molecule is CCOC(=O)/C(CC(=O)CC)=N/OC.CCOC(=O)c1cc(CC)nn1C1CCOCC1.Cl.NNC1CCOCC1. The maximum absolute atomic E-state index is 11.9. The molecule has 3 heterocycles. The van der Waals surface area contributed by atoms with Crippen molar-refractivity contribution in [3.05, 3.63) is 17.5 Å². The predicted octanol–water partition coefficient (Wildman–Crippen LogP) is 2.95. The maximum atomic E-state index is 11.9. The number of ether oxygens (including phenoxy) is 4. The Morgan fingerprint density at radius 1 is 1.02 bits per heavy atom. The molecule has 0 radical (unpaired) electrons. The minimum atomic E-state index is -0.601. The highest BCUT2D eigenvalue weighted by atomic mass is 35.5. The number of ketones is 1. The van der Waals surface area contributed by atoms with E-state index in [1.54, 1.807) is 13.8 Å². The largest absolute Gasteiger partial charge is 0.461 e. The molecule has 14 heteroatoms.